The highest BCUT2D eigenvalue weighted by molar-refractivity contribution is 6.01. The molecule has 0 aromatic carbocycles. The summed E-state index contributed by atoms with van der Waals surface area (Å²) in [7, 11) is 1.45. The van der Waals surface area contributed by atoms with E-state index in [4.69, 9.17) is 9.26 Å². The van der Waals surface area contributed by atoms with E-state index in [0.29, 0.717) is 24.1 Å². The summed E-state index contributed by atoms with van der Waals surface area (Å²) in [6, 6.07) is 0.323. The average molecular weight is 584 g/mol. The lowest BCUT2D eigenvalue weighted by Crippen LogP contribution is -2.49. The largest absolute Gasteiger partial charge is 0.408 e. The quantitative estimate of drug-likeness (QED) is 0.362. The van der Waals surface area contributed by atoms with Crippen LogP contribution in [0.3, 0.4) is 0 Å². The van der Waals surface area contributed by atoms with Crippen LogP contribution in [0.5, 0.6) is 0 Å². The van der Waals surface area contributed by atoms with Crippen molar-refractivity contribution in [3.8, 4) is 0 Å². The van der Waals surface area contributed by atoms with Crippen LogP contribution in [-0.2, 0) is 14.3 Å². The van der Waals surface area contributed by atoms with Crippen molar-refractivity contribution in [3.05, 3.63) is 41.4 Å². The zero-order valence-corrected chi connectivity index (χ0v) is 22.7. The number of pyridine rings is 1. The van der Waals surface area contributed by atoms with E-state index in [1.54, 1.807) is 19.1 Å². The van der Waals surface area contributed by atoms with Gasteiger partial charge in [0, 0.05) is 25.1 Å². The van der Waals surface area contributed by atoms with Gasteiger partial charge in [0.05, 0.1) is 12.3 Å². The number of aromatic nitrogens is 2. The van der Waals surface area contributed by atoms with Gasteiger partial charge in [-0.05, 0) is 69.1 Å². The molecule has 41 heavy (non-hydrogen) atoms. The first-order valence-corrected chi connectivity index (χ1v) is 13.4. The maximum Gasteiger partial charge on any atom is 0.408 e. The second-order valence-corrected chi connectivity index (χ2v) is 10.7. The van der Waals surface area contributed by atoms with Crippen LogP contribution >= 0.6 is 0 Å². The number of alkyl halides is 4. The summed E-state index contributed by atoms with van der Waals surface area (Å²) in [6.45, 7) is 1.72. The number of methoxy groups -OCH3 is 1. The maximum absolute atomic E-state index is 13.8. The normalized spacial score (nSPS) is 24.4. The Bertz CT molecular complexity index is 1230. The smallest absolute Gasteiger partial charge is 0.384 e. The van der Waals surface area contributed by atoms with Gasteiger partial charge in [-0.3, -0.25) is 14.4 Å². The lowest BCUT2D eigenvalue weighted by molar-refractivity contribution is -0.155. The van der Waals surface area contributed by atoms with Crippen molar-refractivity contribution in [2.45, 2.75) is 75.8 Å². The molecule has 1 saturated carbocycles. The van der Waals surface area contributed by atoms with Gasteiger partial charge in [-0.25, -0.2) is 9.37 Å². The Hall–Kier alpha value is -3.55. The minimum absolute atomic E-state index is 0.104. The summed E-state index contributed by atoms with van der Waals surface area (Å²) in [6.07, 6.45) is -1.81. The van der Waals surface area contributed by atoms with Gasteiger partial charge in [0.25, 0.3) is 5.91 Å². The summed E-state index contributed by atoms with van der Waals surface area (Å²) in [4.78, 5) is 42.8. The summed E-state index contributed by atoms with van der Waals surface area (Å²) in [5, 5.41) is 11.2. The van der Waals surface area contributed by atoms with E-state index in [1.165, 1.54) is 19.6 Å². The first kappa shape index (κ1) is 30.4. The molecule has 3 heterocycles. The van der Waals surface area contributed by atoms with Gasteiger partial charge >= 0.3 is 6.18 Å². The van der Waals surface area contributed by atoms with E-state index in [2.05, 4.69) is 20.8 Å². The number of rotatable bonds is 10. The van der Waals surface area contributed by atoms with Crippen LogP contribution in [0.25, 0.3) is 0 Å². The fraction of sp³-hybridized carbons (Fsp3) is 0.593. The maximum atomic E-state index is 13.8. The highest BCUT2D eigenvalue weighted by atomic mass is 19.4. The number of hydrogen-bond donors (Lipinski definition) is 3. The molecule has 4 atom stereocenters. The highest BCUT2D eigenvalue weighted by Gasteiger charge is 2.48. The zero-order valence-electron chi connectivity index (χ0n) is 22.7. The summed E-state index contributed by atoms with van der Waals surface area (Å²) >= 11 is 0. The number of carbonyl (C=O) groups excluding carboxylic acids is 3. The van der Waals surface area contributed by atoms with E-state index < -0.39 is 54.0 Å². The van der Waals surface area contributed by atoms with E-state index in [0.717, 1.165) is 0 Å². The first-order valence-electron chi connectivity index (χ1n) is 13.4. The second kappa shape index (κ2) is 13.0. The van der Waals surface area contributed by atoms with Crippen molar-refractivity contribution in [2.24, 2.45) is 11.8 Å². The fourth-order valence-electron chi connectivity index (χ4n) is 5.52. The molecule has 2 aromatic heterocycles. The number of carbonyl (C=O) groups is 3. The lowest BCUT2D eigenvalue weighted by atomic mass is 9.82. The average Bonchev–Trinajstić information content (AvgIpc) is 3.52. The van der Waals surface area contributed by atoms with Gasteiger partial charge in [-0.2, -0.15) is 13.2 Å². The van der Waals surface area contributed by atoms with Gasteiger partial charge in [0.1, 0.15) is 35.9 Å². The monoisotopic (exact) mass is 583 g/mol. The number of ether oxygens (including phenoxy) is 1. The van der Waals surface area contributed by atoms with Crippen molar-refractivity contribution in [2.75, 3.05) is 19.0 Å². The number of halogens is 4. The molecular formula is C27H33F4N5O5. The predicted octanol–water partition coefficient (Wildman–Crippen LogP) is 3.83. The van der Waals surface area contributed by atoms with Crippen LogP contribution in [0.2, 0.25) is 0 Å². The van der Waals surface area contributed by atoms with Gasteiger partial charge in [0.15, 0.2) is 0 Å². The van der Waals surface area contributed by atoms with Crippen LogP contribution in [0.1, 0.15) is 66.1 Å². The summed E-state index contributed by atoms with van der Waals surface area (Å²) in [5.74, 6) is -3.26. The van der Waals surface area contributed by atoms with Gasteiger partial charge in [-0.15, -0.1) is 0 Å². The standard InChI is InChI=1S/C27H33F4N5O5/c1-14-20(13-41-36-14)25(38)35-23(15-3-5-19(28)6-4-15)26(39)34-22-11-16(7-8-32-22)18(12-40-2)9-17-10-21(27(29,30)31)33-24(17)37/h7-8,11,13,15,17-19,21,23H,3-6,9-10,12H2,1-2H3,(H,33,37)(H,35,38)(H,32,34,39)/t15?,17?,18-,19?,21+,23?/m1/s1. The Morgan fingerprint density at radius 3 is 2.59 bits per heavy atom. The molecule has 14 heteroatoms. The third kappa shape index (κ3) is 7.60. The zero-order chi connectivity index (χ0) is 29.7. The summed E-state index contributed by atoms with van der Waals surface area (Å²) in [5.41, 5.74) is 1.14. The Kier molecular flexibility index (Phi) is 9.61. The number of nitrogens with one attached hydrogen (secondary N) is 3. The van der Waals surface area contributed by atoms with Crippen molar-refractivity contribution < 1.29 is 41.2 Å². The molecule has 10 nitrogen and oxygen atoms in total. The van der Waals surface area contributed by atoms with Crippen molar-refractivity contribution in [1.29, 1.82) is 0 Å². The predicted molar refractivity (Wildman–Crippen MR) is 138 cm³/mol. The van der Waals surface area contributed by atoms with Crippen molar-refractivity contribution in [3.63, 3.8) is 0 Å². The molecule has 0 bridgehead atoms. The molecule has 3 N–H and O–H groups in total. The SMILES string of the molecule is COC[C@@H](CC1C[C@@H](C(F)(F)F)NC1=O)c1ccnc(NC(=O)C(NC(=O)c2conc2C)C2CCC(F)CC2)c1. The molecule has 0 radical (unpaired) electrons. The molecule has 0 spiro atoms. The second-order valence-electron chi connectivity index (χ2n) is 10.7. The molecule has 2 fully saturated rings. The molecule has 1 aliphatic heterocycles. The third-order valence-electron chi connectivity index (χ3n) is 7.78. The molecular weight excluding hydrogens is 550 g/mol. The molecule has 4 rings (SSSR count). The number of nitrogens with zero attached hydrogens (tertiary/aromatic N) is 2. The van der Waals surface area contributed by atoms with Crippen LogP contribution in [0.4, 0.5) is 23.4 Å². The van der Waals surface area contributed by atoms with Crippen LogP contribution in [0.15, 0.2) is 29.1 Å². The molecule has 1 aliphatic carbocycles. The molecule has 224 valence electrons. The number of aryl methyl sites for hydroxylation is 1. The van der Waals surface area contributed by atoms with Crippen LogP contribution in [0, 0.1) is 18.8 Å². The molecule has 2 aromatic rings. The van der Waals surface area contributed by atoms with Crippen molar-refractivity contribution >= 4 is 23.5 Å². The topological polar surface area (TPSA) is 135 Å². The van der Waals surface area contributed by atoms with Gasteiger partial charge in [0.2, 0.25) is 11.8 Å². The Morgan fingerprint density at radius 1 is 1.24 bits per heavy atom. The Labute approximate surface area is 234 Å². The van der Waals surface area contributed by atoms with E-state index in [9.17, 15) is 31.9 Å². The summed E-state index contributed by atoms with van der Waals surface area (Å²) < 4.78 is 63.4. The molecule has 2 aliphatic rings. The van der Waals surface area contributed by atoms with E-state index in [-0.39, 0.29) is 49.6 Å². The number of amides is 3. The Morgan fingerprint density at radius 2 is 1.98 bits per heavy atom. The minimum atomic E-state index is -4.53. The highest BCUT2D eigenvalue weighted by Crippen LogP contribution is 2.35. The fourth-order valence-corrected chi connectivity index (χ4v) is 5.52. The van der Waals surface area contributed by atoms with E-state index >= 15 is 0 Å². The minimum Gasteiger partial charge on any atom is -0.384 e. The van der Waals surface area contributed by atoms with Crippen LogP contribution < -0.4 is 16.0 Å². The van der Waals surface area contributed by atoms with Crippen molar-refractivity contribution in [1.82, 2.24) is 20.8 Å². The Balaban J connectivity index is 1.49. The van der Waals surface area contributed by atoms with Gasteiger partial charge < -0.3 is 25.2 Å². The van der Waals surface area contributed by atoms with Crippen LogP contribution in [-0.4, -0.2) is 66.0 Å². The lowest BCUT2D eigenvalue weighted by Gasteiger charge is -2.31. The molecule has 2 unspecified atom stereocenters. The first-order chi connectivity index (χ1) is 19.5. The molecule has 3 amide bonds. The van der Waals surface area contributed by atoms with E-state index in [1.807, 2.05) is 5.32 Å². The number of anilines is 1. The molecule has 1 saturated heterocycles. The van der Waals surface area contributed by atoms with Gasteiger partial charge in [-0.1, -0.05) is 5.16 Å². The third-order valence-corrected chi connectivity index (χ3v) is 7.78. The number of hydrogen-bond acceptors (Lipinski definition) is 7.